The van der Waals surface area contributed by atoms with Crippen molar-refractivity contribution in [3.8, 4) is 0 Å². The zero-order chi connectivity index (χ0) is 22.1. The van der Waals surface area contributed by atoms with Gasteiger partial charge in [-0.25, -0.2) is 0 Å². The number of hydrogen-bond donors (Lipinski definition) is 0. The van der Waals surface area contributed by atoms with Gasteiger partial charge in [-0.05, 0) is 45.4 Å². The summed E-state index contributed by atoms with van der Waals surface area (Å²) in [5, 5.41) is 7.06. The van der Waals surface area contributed by atoms with Gasteiger partial charge in [0.15, 0.2) is 5.17 Å². The standard InChI is InChI=1S/C25H37N3O2S/c1-15-16(2)25(5)17(3)24(15,4)19-20(25)22(30)28(21(19)29)26-23-27(13-9-10-14-31-23)18-11-7-6-8-12-18/h17-20H,6-14H2,1-5H3/b26-23-/t17?,19-,20+,24+,25-. The Hall–Kier alpha value is -1.30. The van der Waals surface area contributed by atoms with Crippen LogP contribution in [0.5, 0.6) is 0 Å². The Morgan fingerprint density at radius 2 is 1.48 bits per heavy atom. The van der Waals surface area contributed by atoms with E-state index in [9.17, 15) is 9.59 Å². The molecule has 3 aliphatic carbocycles. The third-order valence-electron chi connectivity index (χ3n) is 10.0. The van der Waals surface area contributed by atoms with Crippen LogP contribution in [-0.2, 0) is 9.59 Å². The Kier molecular flexibility index (Phi) is 5.11. The minimum atomic E-state index is -0.271. The highest BCUT2D eigenvalue weighted by atomic mass is 32.2. The summed E-state index contributed by atoms with van der Waals surface area (Å²) in [4.78, 5) is 29.9. The van der Waals surface area contributed by atoms with Gasteiger partial charge in [0.2, 0.25) is 0 Å². The highest BCUT2D eigenvalue weighted by molar-refractivity contribution is 8.13. The fourth-order valence-electron chi connectivity index (χ4n) is 7.68. The molecule has 5 nitrogen and oxygen atoms in total. The average molecular weight is 444 g/mol. The van der Waals surface area contributed by atoms with Gasteiger partial charge in [0, 0.05) is 29.2 Å². The number of allylic oxidation sites excluding steroid dienone is 2. The number of rotatable bonds is 2. The Labute approximate surface area is 191 Å². The molecule has 5 rings (SSSR count). The summed E-state index contributed by atoms with van der Waals surface area (Å²) in [6.45, 7) is 12.0. The van der Waals surface area contributed by atoms with Crippen molar-refractivity contribution in [2.75, 3.05) is 12.3 Å². The van der Waals surface area contributed by atoms with Crippen LogP contribution in [0.3, 0.4) is 0 Å². The quantitative estimate of drug-likeness (QED) is 0.444. The molecule has 0 radical (unpaired) electrons. The predicted molar refractivity (Wildman–Crippen MR) is 125 cm³/mol. The number of hydrazone groups is 1. The summed E-state index contributed by atoms with van der Waals surface area (Å²) in [6.07, 6.45) is 8.57. The molecule has 170 valence electrons. The minimum absolute atomic E-state index is 0.0686. The van der Waals surface area contributed by atoms with Gasteiger partial charge in [-0.2, -0.15) is 5.01 Å². The number of carbonyl (C=O) groups is 2. The molecule has 31 heavy (non-hydrogen) atoms. The molecule has 4 fully saturated rings. The van der Waals surface area contributed by atoms with Gasteiger partial charge in [0.25, 0.3) is 11.8 Å². The second-order valence-electron chi connectivity index (χ2n) is 10.9. The van der Waals surface area contributed by atoms with Crippen LogP contribution in [0.15, 0.2) is 16.2 Å². The smallest absolute Gasteiger partial charge is 0.254 e. The van der Waals surface area contributed by atoms with E-state index >= 15 is 0 Å². The van der Waals surface area contributed by atoms with Crippen LogP contribution in [0.1, 0.15) is 79.6 Å². The largest absolute Gasteiger partial charge is 0.347 e. The molecule has 6 heteroatoms. The highest BCUT2D eigenvalue weighted by Crippen LogP contribution is 2.74. The van der Waals surface area contributed by atoms with Crippen molar-refractivity contribution in [1.29, 1.82) is 0 Å². The lowest BCUT2D eigenvalue weighted by molar-refractivity contribution is -0.142. The van der Waals surface area contributed by atoms with E-state index in [1.165, 1.54) is 48.3 Å². The van der Waals surface area contributed by atoms with Crippen molar-refractivity contribution in [1.82, 2.24) is 9.91 Å². The van der Waals surface area contributed by atoms with E-state index < -0.39 is 0 Å². The van der Waals surface area contributed by atoms with E-state index in [1.54, 1.807) is 11.8 Å². The molecule has 2 saturated heterocycles. The van der Waals surface area contributed by atoms with Crippen LogP contribution < -0.4 is 0 Å². The van der Waals surface area contributed by atoms with E-state index in [2.05, 4.69) is 39.5 Å². The predicted octanol–water partition coefficient (Wildman–Crippen LogP) is 5.03. The summed E-state index contributed by atoms with van der Waals surface area (Å²) in [7, 11) is 0. The topological polar surface area (TPSA) is 53.0 Å². The van der Waals surface area contributed by atoms with Gasteiger partial charge in [-0.15, -0.1) is 5.10 Å². The molecule has 0 aromatic carbocycles. The van der Waals surface area contributed by atoms with Gasteiger partial charge in [-0.3, -0.25) is 9.59 Å². The summed E-state index contributed by atoms with van der Waals surface area (Å²) in [5.74, 6) is 0.626. The van der Waals surface area contributed by atoms with Gasteiger partial charge in [-0.1, -0.05) is 62.9 Å². The Morgan fingerprint density at radius 3 is 2.06 bits per heavy atom. The van der Waals surface area contributed by atoms with Crippen molar-refractivity contribution in [3.63, 3.8) is 0 Å². The SMILES string of the molecule is CC1=C(C)[C@]2(C)C(C)[C@@]1(C)[C@H]1C(=O)N(/N=C3\SCCCCN3C3CCCCC3)C(=O)[C@H]12. The zero-order valence-corrected chi connectivity index (χ0v) is 20.6. The molecule has 0 aromatic rings. The first kappa shape index (κ1) is 21.5. The summed E-state index contributed by atoms with van der Waals surface area (Å²) < 4.78 is 0. The second-order valence-corrected chi connectivity index (χ2v) is 12.0. The van der Waals surface area contributed by atoms with Crippen molar-refractivity contribution >= 4 is 28.7 Å². The third-order valence-corrected chi connectivity index (χ3v) is 11.1. The van der Waals surface area contributed by atoms with Crippen molar-refractivity contribution in [3.05, 3.63) is 11.1 Å². The fourth-order valence-corrected chi connectivity index (χ4v) is 8.75. The Morgan fingerprint density at radius 1 is 0.903 bits per heavy atom. The van der Waals surface area contributed by atoms with Crippen LogP contribution in [0.25, 0.3) is 0 Å². The lowest BCUT2D eigenvalue weighted by Crippen LogP contribution is -2.42. The fraction of sp³-hybridized carbons (Fsp3) is 0.800. The van der Waals surface area contributed by atoms with E-state index in [0.717, 1.165) is 30.3 Å². The molecule has 0 aromatic heterocycles. The second kappa shape index (κ2) is 7.36. The first-order chi connectivity index (χ1) is 14.7. The molecule has 5 atom stereocenters. The molecule has 2 aliphatic heterocycles. The Balaban J connectivity index is 1.50. The van der Waals surface area contributed by atoms with E-state index in [4.69, 9.17) is 5.10 Å². The normalized spacial score (nSPS) is 42.7. The summed E-state index contributed by atoms with van der Waals surface area (Å²) >= 11 is 1.74. The van der Waals surface area contributed by atoms with E-state index in [-0.39, 0.29) is 34.5 Å². The zero-order valence-electron chi connectivity index (χ0n) is 19.7. The van der Waals surface area contributed by atoms with Gasteiger partial charge in [0.05, 0.1) is 11.8 Å². The molecule has 2 saturated carbocycles. The summed E-state index contributed by atoms with van der Waals surface area (Å²) in [5.41, 5.74) is 2.13. The number of nitrogens with zero attached hydrogens (tertiary/aromatic N) is 3. The molecule has 2 heterocycles. The molecule has 2 bridgehead atoms. The van der Waals surface area contributed by atoms with Crippen molar-refractivity contribution in [2.24, 2.45) is 33.7 Å². The first-order valence-corrected chi connectivity index (χ1v) is 13.3. The molecular weight excluding hydrogens is 406 g/mol. The lowest BCUT2D eigenvalue weighted by Gasteiger charge is -2.36. The lowest BCUT2D eigenvalue weighted by atomic mass is 9.66. The van der Waals surface area contributed by atoms with Crippen LogP contribution in [-0.4, -0.2) is 45.2 Å². The van der Waals surface area contributed by atoms with E-state index in [1.807, 2.05) is 0 Å². The molecular formula is C25H37N3O2S. The van der Waals surface area contributed by atoms with Gasteiger partial charge < -0.3 is 4.90 Å². The number of hydrogen-bond acceptors (Lipinski definition) is 4. The minimum Gasteiger partial charge on any atom is -0.347 e. The average Bonchev–Trinajstić information content (AvgIpc) is 3.06. The van der Waals surface area contributed by atoms with Gasteiger partial charge >= 0.3 is 0 Å². The molecule has 0 spiro atoms. The monoisotopic (exact) mass is 443 g/mol. The van der Waals surface area contributed by atoms with Crippen LogP contribution in [0.4, 0.5) is 0 Å². The first-order valence-electron chi connectivity index (χ1n) is 12.3. The van der Waals surface area contributed by atoms with Crippen LogP contribution >= 0.6 is 11.8 Å². The number of thioether (sulfide) groups is 1. The maximum Gasteiger partial charge on any atom is 0.254 e. The molecule has 5 aliphatic rings. The molecule has 1 unspecified atom stereocenters. The number of carbonyl (C=O) groups excluding carboxylic acids is 2. The number of imide groups is 1. The van der Waals surface area contributed by atoms with Crippen LogP contribution in [0.2, 0.25) is 0 Å². The maximum absolute atomic E-state index is 13.7. The van der Waals surface area contributed by atoms with Gasteiger partial charge in [0.1, 0.15) is 0 Å². The number of fused-ring (bicyclic) bond motifs is 5. The number of amides is 2. The summed E-state index contributed by atoms with van der Waals surface area (Å²) in [6, 6.07) is 0.503. The Bertz CT molecular complexity index is 832. The van der Waals surface area contributed by atoms with Crippen LogP contribution in [0, 0.1) is 28.6 Å². The maximum atomic E-state index is 13.7. The van der Waals surface area contributed by atoms with E-state index in [0.29, 0.717) is 12.0 Å². The number of amidine groups is 1. The highest BCUT2D eigenvalue weighted by Gasteiger charge is 2.75. The molecule has 0 N–H and O–H groups in total. The molecule has 2 amide bonds. The van der Waals surface area contributed by atoms with Crippen molar-refractivity contribution < 1.29 is 9.59 Å². The van der Waals surface area contributed by atoms with Crippen molar-refractivity contribution in [2.45, 2.75) is 85.6 Å². The third kappa shape index (κ3) is 2.72.